The molecular weight excluding hydrogens is 400 g/mol. The maximum atomic E-state index is 12.1. The van der Waals surface area contributed by atoms with E-state index in [2.05, 4.69) is 62.5 Å². The number of hydrogen-bond acceptors (Lipinski definition) is 3. The fourth-order valence-corrected chi connectivity index (χ4v) is 3.28. The van der Waals surface area contributed by atoms with Gasteiger partial charge in [-0.25, -0.2) is 0 Å². The lowest BCUT2D eigenvalue weighted by Crippen LogP contribution is -2.18. The van der Waals surface area contributed by atoms with Crippen LogP contribution in [0.4, 0.5) is 0 Å². The van der Waals surface area contributed by atoms with E-state index < -0.39 is 5.97 Å². The highest BCUT2D eigenvalue weighted by molar-refractivity contribution is 5.69. The highest BCUT2D eigenvalue weighted by Crippen LogP contribution is 2.15. The summed E-state index contributed by atoms with van der Waals surface area (Å²) in [6.45, 7) is 4.24. The molecule has 0 spiro atoms. The van der Waals surface area contributed by atoms with Crippen LogP contribution in [0, 0.1) is 0 Å². The van der Waals surface area contributed by atoms with Crippen LogP contribution in [0.3, 0.4) is 0 Å². The maximum absolute atomic E-state index is 12.1. The van der Waals surface area contributed by atoms with E-state index in [4.69, 9.17) is 9.84 Å². The van der Waals surface area contributed by atoms with Gasteiger partial charge in [0.15, 0.2) is 0 Å². The Labute approximate surface area is 196 Å². The molecule has 0 aliphatic heterocycles. The van der Waals surface area contributed by atoms with E-state index in [0.717, 1.165) is 77.0 Å². The molecule has 0 heterocycles. The van der Waals surface area contributed by atoms with E-state index in [1.54, 1.807) is 0 Å². The van der Waals surface area contributed by atoms with Crippen LogP contribution in [0.5, 0.6) is 0 Å². The number of carboxylic acid groups (broad SMARTS) is 1. The minimum Gasteiger partial charge on any atom is -0.481 e. The lowest BCUT2D eigenvalue weighted by atomic mass is 10.1. The Morgan fingerprint density at radius 1 is 0.719 bits per heavy atom. The largest absolute Gasteiger partial charge is 0.481 e. The number of carbonyl (C=O) groups is 2. The van der Waals surface area contributed by atoms with Crippen molar-refractivity contribution in [2.24, 2.45) is 0 Å². The van der Waals surface area contributed by atoms with Crippen LogP contribution in [0.25, 0.3) is 0 Å². The van der Waals surface area contributed by atoms with Gasteiger partial charge >= 0.3 is 11.9 Å². The summed E-state index contributed by atoms with van der Waals surface area (Å²) in [5.74, 6) is -0.842. The first-order chi connectivity index (χ1) is 15.6. The summed E-state index contributed by atoms with van der Waals surface area (Å²) in [4.78, 5) is 22.6. The third kappa shape index (κ3) is 22.6. The summed E-state index contributed by atoms with van der Waals surface area (Å²) in [5.41, 5.74) is 0. The number of ether oxygens (including phenoxy) is 1. The van der Waals surface area contributed by atoms with Crippen LogP contribution in [-0.4, -0.2) is 23.1 Å². The van der Waals surface area contributed by atoms with Crippen molar-refractivity contribution in [3.8, 4) is 0 Å². The molecule has 1 atom stereocenters. The van der Waals surface area contributed by atoms with Crippen LogP contribution < -0.4 is 0 Å². The highest BCUT2D eigenvalue weighted by Gasteiger charge is 2.13. The third-order valence-corrected chi connectivity index (χ3v) is 5.05. The van der Waals surface area contributed by atoms with Crippen molar-refractivity contribution in [1.29, 1.82) is 0 Å². The first-order valence-corrected chi connectivity index (χ1v) is 12.6. The first kappa shape index (κ1) is 29.9. The Morgan fingerprint density at radius 2 is 1.31 bits per heavy atom. The van der Waals surface area contributed by atoms with Crippen molar-refractivity contribution < 1.29 is 19.4 Å². The Balaban J connectivity index is 3.76. The zero-order valence-electron chi connectivity index (χ0n) is 20.5. The van der Waals surface area contributed by atoms with Gasteiger partial charge in [-0.05, 0) is 70.6 Å². The van der Waals surface area contributed by atoms with Crippen molar-refractivity contribution in [2.75, 3.05) is 0 Å². The minimum atomic E-state index is -0.744. The fourth-order valence-electron chi connectivity index (χ4n) is 3.28. The Hall–Kier alpha value is -2.10. The maximum Gasteiger partial charge on any atom is 0.306 e. The average molecular weight is 447 g/mol. The topological polar surface area (TPSA) is 63.6 Å². The standard InChI is InChI=1S/C28H46O4/c1-3-5-6-7-8-9-10-11-12-13-14-15-16-17-21-25-28(31)32-26(22-4-2)23-19-18-20-24-27(29)30/h5-6,8-9,11-12,14-15,26H,3-4,7,10,13,16-25H2,1-2H3,(H,29,30)/b6-5-,9-8-,12-11-,15-14-. The molecule has 0 saturated carbocycles. The van der Waals surface area contributed by atoms with Crippen LogP contribution in [0.1, 0.15) is 110 Å². The summed E-state index contributed by atoms with van der Waals surface area (Å²) in [6, 6.07) is 0. The summed E-state index contributed by atoms with van der Waals surface area (Å²) in [7, 11) is 0. The number of carboxylic acids is 1. The second-order valence-corrected chi connectivity index (χ2v) is 8.14. The van der Waals surface area contributed by atoms with Crippen molar-refractivity contribution in [1.82, 2.24) is 0 Å². The summed E-state index contributed by atoms with van der Waals surface area (Å²) in [6.07, 6.45) is 30.3. The van der Waals surface area contributed by atoms with E-state index in [1.807, 2.05) is 0 Å². The van der Waals surface area contributed by atoms with Crippen LogP contribution in [-0.2, 0) is 14.3 Å². The number of allylic oxidation sites excluding steroid dienone is 8. The van der Waals surface area contributed by atoms with Gasteiger partial charge in [0.2, 0.25) is 0 Å². The highest BCUT2D eigenvalue weighted by atomic mass is 16.5. The van der Waals surface area contributed by atoms with E-state index in [1.165, 1.54) is 0 Å². The molecule has 182 valence electrons. The van der Waals surface area contributed by atoms with Crippen LogP contribution in [0.2, 0.25) is 0 Å². The zero-order valence-corrected chi connectivity index (χ0v) is 20.5. The van der Waals surface area contributed by atoms with E-state index in [9.17, 15) is 9.59 Å². The summed E-state index contributed by atoms with van der Waals surface area (Å²) >= 11 is 0. The summed E-state index contributed by atoms with van der Waals surface area (Å²) in [5, 5.41) is 8.68. The molecular formula is C28H46O4. The molecule has 0 aliphatic carbocycles. The van der Waals surface area contributed by atoms with Gasteiger partial charge in [-0.15, -0.1) is 0 Å². The van der Waals surface area contributed by atoms with Gasteiger partial charge in [0, 0.05) is 12.8 Å². The van der Waals surface area contributed by atoms with Gasteiger partial charge in [0.25, 0.3) is 0 Å². The van der Waals surface area contributed by atoms with E-state index >= 15 is 0 Å². The van der Waals surface area contributed by atoms with Crippen LogP contribution >= 0.6 is 0 Å². The molecule has 1 N–H and O–H groups in total. The molecule has 0 aliphatic rings. The Kier molecular flexibility index (Phi) is 22.0. The van der Waals surface area contributed by atoms with Gasteiger partial charge in [-0.2, -0.15) is 0 Å². The predicted molar refractivity (Wildman–Crippen MR) is 135 cm³/mol. The zero-order chi connectivity index (χ0) is 23.7. The first-order valence-electron chi connectivity index (χ1n) is 12.6. The van der Waals surface area contributed by atoms with Crippen molar-refractivity contribution >= 4 is 11.9 Å². The second-order valence-electron chi connectivity index (χ2n) is 8.14. The van der Waals surface area contributed by atoms with Gasteiger partial charge < -0.3 is 9.84 Å². The van der Waals surface area contributed by atoms with E-state index in [0.29, 0.717) is 12.8 Å². The molecule has 0 rings (SSSR count). The normalized spacial score (nSPS) is 13.1. The average Bonchev–Trinajstić information content (AvgIpc) is 2.76. The van der Waals surface area contributed by atoms with Crippen molar-refractivity contribution in [3.05, 3.63) is 48.6 Å². The number of hydrogen-bond donors (Lipinski definition) is 1. The SMILES string of the molecule is CC/C=C\C/C=C\C/C=C\C/C=C\CCCCC(=O)OC(CCC)CCCCCC(=O)O. The molecule has 4 heteroatoms. The Morgan fingerprint density at radius 3 is 1.91 bits per heavy atom. The molecule has 0 saturated heterocycles. The van der Waals surface area contributed by atoms with Gasteiger partial charge in [-0.1, -0.05) is 75.3 Å². The molecule has 1 unspecified atom stereocenters. The second kappa shape index (κ2) is 23.6. The Bertz CT molecular complexity index is 572. The van der Waals surface area contributed by atoms with Gasteiger partial charge in [0.05, 0.1) is 0 Å². The van der Waals surface area contributed by atoms with Crippen molar-refractivity contribution in [2.45, 2.75) is 116 Å². The molecule has 0 aromatic carbocycles. The molecule has 0 bridgehead atoms. The monoisotopic (exact) mass is 446 g/mol. The van der Waals surface area contributed by atoms with Gasteiger partial charge in [0.1, 0.15) is 6.10 Å². The molecule has 32 heavy (non-hydrogen) atoms. The molecule has 4 nitrogen and oxygen atoms in total. The molecule has 0 aromatic heterocycles. The quantitative estimate of drug-likeness (QED) is 0.110. The number of rotatable bonds is 21. The number of unbranched alkanes of at least 4 members (excludes halogenated alkanes) is 4. The van der Waals surface area contributed by atoms with Crippen LogP contribution in [0.15, 0.2) is 48.6 Å². The minimum absolute atomic E-state index is 0.0216. The number of carbonyl (C=O) groups excluding carboxylic acids is 1. The summed E-state index contributed by atoms with van der Waals surface area (Å²) < 4.78 is 5.65. The number of aliphatic carboxylic acids is 1. The van der Waals surface area contributed by atoms with E-state index in [-0.39, 0.29) is 18.5 Å². The smallest absolute Gasteiger partial charge is 0.306 e. The number of esters is 1. The third-order valence-electron chi connectivity index (χ3n) is 5.05. The van der Waals surface area contributed by atoms with Gasteiger partial charge in [-0.3, -0.25) is 9.59 Å². The van der Waals surface area contributed by atoms with Crippen molar-refractivity contribution in [3.63, 3.8) is 0 Å². The molecule has 0 radical (unpaired) electrons. The fraction of sp³-hybridized carbons (Fsp3) is 0.643. The lowest BCUT2D eigenvalue weighted by Gasteiger charge is -2.17. The molecule has 0 aromatic rings. The lowest BCUT2D eigenvalue weighted by molar-refractivity contribution is -0.150. The molecule has 0 fully saturated rings. The predicted octanol–water partition coefficient (Wildman–Crippen LogP) is 8.10. The molecule has 0 amide bonds.